The van der Waals surface area contributed by atoms with Crippen molar-refractivity contribution in [1.82, 2.24) is 24.9 Å². The van der Waals surface area contributed by atoms with Gasteiger partial charge in [0.2, 0.25) is 0 Å². The third kappa shape index (κ3) is 5.90. The van der Waals surface area contributed by atoms with Crippen LogP contribution in [0.4, 0.5) is 10.5 Å². The fraction of sp³-hybridized carbons (Fsp3) is 0.250. The van der Waals surface area contributed by atoms with E-state index in [1.54, 1.807) is 13.1 Å². The Morgan fingerprint density at radius 2 is 1.69 bits per heavy atom. The Balaban J connectivity index is 1.72. The van der Waals surface area contributed by atoms with Crippen LogP contribution in [0.3, 0.4) is 0 Å². The third-order valence-corrected chi connectivity index (χ3v) is 5.76. The predicted octanol–water partition coefficient (Wildman–Crippen LogP) is 4.52. The third-order valence-electron chi connectivity index (χ3n) is 5.76. The lowest BCUT2D eigenvalue weighted by Crippen LogP contribution is -2.30. The van der Waals surface area contributed by atoms with E-state index in [1.807, 2.05) is 73.0 Å². The Bertz CT molecular complexity index is 1350. The number of anilines is 1. The first-order chi connectivity index (χ1) is 17.3. The van der Waals surface area contributed by atoms with Crippen molar-refractivity contribution < 1.29 is 9.59 Å². The van der Waals surface area contributed by atoms with Gasteiger partial charge in [0.05, 0.1) is 17.0 Å². The van der Waals surface area contributed by atoms with E-state index in [0.29, 0.717) is 17.8 Å². The van der Waals surface area contributed by atoms with Gasteiger partial charge in [-0.2, -0.15) is 0 Å². The monoisotopic (exact) mass is 484 g/mol. The van der Waals surface area contributed by atoms with Crippen molar-refractivity contribution in [3.8, 4) is 11.3 Å². The van der Waals surface area contributed by atoms with Gasteiger partial charge in [-0.05, 0) is 50.7 Å². The van der Waals surface area contributed by atoms with Crippen molar-refractivity contribution >= 4 is 23.3 Å². The lowest BCUT2D eigenvalue weighted by atomic mass is 10.1. The molecule has 2 aromatic carbocycles. The molecule has 0 aliphatic rings. The molecule has 3 amide bonds. The average Bonchev–Trinajstić information content (AvgIpc) is 3.22. The Morgan fingerprint density at radius 3 is 2.36 bits per heavy atom. The van der Waals surface area contributed by atoms with Crippen LogP contribution in [0.25, 0.3) is 16.9 Å². The summed E-state index contributed by atoms with van der Waals surface area (Å²) in [6, 6.07) is 21.4. The standard InChI is InChI=1S/C28H32N6O2/c1-19(2)30-27(35)22-12-15-25-32-26(21-10-13-23(14-11-21)31-28(36)29-3)24(34(25)17-22)18-33(4)16-20-8-6-5-7-9-20/h5-15,17,19H,16,18H2,1-4H3,(H,30,35)(H2,29,31,36). The summed E-state index contributed by atoms with van der Waals surface area (Å²) in [7, 11) is 3.65. The first kappa shape index (κ1) is 24.9. The summed E-state index contributed by atoms with van der Waals surface area (Å²) >= 11 is 0. The first-order valence-electron chi connectivity index (χ1n) is 12.0. The zero-order valence-electron chi connectivity index (χ0n) is 21.1. The highest BCUT2D eigenvalue weighted by atomic mass is 16.2. The van der Waals surface area contributed by atoms with Gasteiger partial charge in [0.1, 0.15) is 5.65 Å². The molecular weight excluding hydrogens is 452 g/mol. The number of imidazole rings is 1. The molecule has 4 aromatic rings. The number of nitrogens with zero attached hydrogens (tertiary/aromatic N) is 3. The molecule has 2 aromatic heterocycles. The topological polar surface area (TPSA) is 90.8 Å². The zero-order chi connectivity index (χ0) is 25.7. The molecular formula is C28H32N6O2. The maximum atomic E-state index is 12.7. The number of pyridine rings is 1. The van der Waals surface area contributed by atoms with Gasteiger partial charge < -0.3 is 20.4 Å². The van der Waals surface area contributed by atoms with Gasteiger partial charge >= 0.3 is 6.03 Å². The van der Waals surface area contributed by atoms with Crippen molar-refractivity contribution in [1.29, 1.82) is 0 Å². The van der Waals surface area contributed by atoms with Crippen LogP contribution in [-0.4, -0.2) is 46.4 Å². The maximum absolute atomic E-state index is 12.7. The molecule has 8 nitrogen and oxygen atoms in total. The quantitative estimate of drug-likeness (QED) is 0.343. The molecule has 0 aliphatic carbocycles. The van der Waals surface area contributed by atoms with Gasteiger partial charge in [-0.25, -0.2) is 9.78 Å². The van der Waals surface area contributed by atoms with Crippen LogP contribution in [0.15, 0.2) is 72.9 Å². The highest BCUT2D eigenvalue weighted by molar-refractivity contribution is 5.94. The molecule has 0 unspecified atom stereocenters. The van der Waals surface area contributed by atoms with Crippen LogP contribution in [0.5, 0.6) is 0 Å². The normalized spacial score (nSPS) is 11.2. The van der Waals surface area contributed by atoms with E-state index in [1.165, 1.54) is 5.56 Å². The Hall–Kier alpha value is -4.17. The van der Waals surface area contributed by atoms with E-state index in [9.17, 15) is 9.59 Å². The van der Waals surface area contributed by atoms with E-state index in [2.05, 4.69) is 40.0 Å². The Labute approximate surface area is 211 Å². The van der Waals surface area contributed by atoms with Crippen LogP contribution < -0.4 is 16.0 Å². The molecule has 8 heteroatoms. The Morgan fingerprint density at radius 1 is 0.972 bits per heavy atom. The lowest BCUT2D eigenvalue weighted by Gasteiger charge is -2.18. The minimum absolute atomic E-state index is 0.0462. The summed E-state index contributed by atoms with van der Waals surface area (Å²) in [5.41, 5.74) is 6.00. The summed E-state index contributed by atoms with van der Waals surface area (Å²) < 4.78 is 2.00. The van der Waals surface area contributed by atoms with Gasteiger partial charge in [0.15, 0.2) is 0 Å². The lowest BCUT2D eigenvalue weighted by molar-refractivity contribution is 0.0942. The number of aromatic nitrogens is 2. The number of fused-ring (bicyclic) bond motifs is 1. The Kier molecular flexibility index (Phi) is 7.65. The van der Waals surface area contributed by atoms with Crippen molar-refractivity contribution in [2.75, 3.05) is 19.4 Å². The molecule has 3 N–H and O–H groups in total. The van der Waals surface area contributed by atoms with Crippen LogP contribution in [0.2, 0.25) is 0 Å². The second-order valence-electron chi connectivity index (χ2n) is 9.12. The van der Waals surface area contributed by atoms with Crippen LogP contribution in [0, 0.1) is 0 Å². The molecule has 0 saturated carbocycles. The van der Waals surface area contributed by atoms with E-state index >= 15 is 0 Å². The molecule has 0 saturated heterocycles. The van der Waals surface area contributed by atoms with E-state index in [-0.39, 0.29) is 18.0 Å². The molecule has 0 radical (unpaired) electrons. The summed E-state index contributed by atoms with van der Waals surface area (Å²) in [6.45, 7) is 5.28. The van der Waals surface area contributed by atoms with E-state index in [4.69, 9.17) is 4.98 Å². The summed E-state index contributed by atoms with van der Waals surface area (Å²) in [4.78, 5) is 31.5. The second-order valence-corrected chi connectivity index (χ2v) is 9.12. The summed E-state index contributed by atoms with van der Waals surface area (Å²) in [5.74, 6) is -0.115. The number of rotatable bonds is 8. The average molecular weight is 485 g/mol. The molecule has 0 spiro atoms. The number of carbonyl (C=O) groups excluding carboxylic acids is 2. The largest absolute Gasteiger partial charge is 0.350 e. The highest BCUT2D eigenvalue weighted by Crippen LogP contribution is 2.27. The molecule has 4 rings (SSSR count). The fourth-order valence-corrected chi connectivity index (χ4v) is 4.07. The fourth-order valence-electron chi connectivity index (χ4n) is 4.07. The zero-order valence-corrected chi connectivity index (χ0v) is 21.1. The maximum Gasteiger partial charge on any atom is 0.318 e. The number of nitrogens with one attached hydrogen (secondary N) is 3. The number of hydrogen-bond donors (Lipinski definition) is 3. The number of benzene rings is 2. The molecule has 0 bridgehead atoms. The summed E-state index contributed by atoms with van der Waals surface area (Å²) in [5, 5.41) is 8.29. The van der Waals surface area contributed by atoms with Crippen molar-refractivity contribution in [2.24, 2.45) is 0 Å². The van der Waals surface area contributed by atoms with Crippen molar-refractivity contribution in [3.05, 3.63) is 89.7 Å². The van der Waals surface area contributed by atoms with Crippen molar-refractivity contribution in [3.63, 3.8) is 0 Å². The van der Waals surface area contributed by atoms with Gasteiger partial charge in [0, 0.05) is 43.6 Å². The van der Waals surface area contributed by atoms with Crippen molar-refractivity contribution in [2.45, 2.75) is 33.0 Å². The molecule has 0 fully saturated rings. The minimum Gasteiger partial charge on any atom is -0.350 e. The molecule has 2 heterocycles. The first-order valence-corrected chi connectivity index (χ1v) is 12.0. The van der Waals surface area contributed by atoms with Crippen LogP contribution in [0.1, 0.15) is 35.5 Å². The van der Waals surface area contributed by atoms with E-state index < -0.39 is 0 Å². The SMILES string of the molecule is CNC(=O)Nc1ccc(-c2nc3ccc(C(=O)NC(C)C)cn3c2CN(C)Cc2ccccc2)cc1. The minimum atomic E-state index is -0.272. The smallest absolute Gasteiger partial charge is 0.318 e. The van der Waals surface area contributed by atoms with Gasteiger partial charge in [-0.15, -0.1) is 0 Å². The highest BCUT2D eigenvalue weighted by Gasteiger charge is 2.18. The molecule has 0 atom stereocenters. The van der Waals surface area contributed by atoms with Gasteiger partial charge in [0.25, 0.3) is 5.91 Å². The number of amides is 3. The van der Waals surface area contributed by atoms with E-state index in [0.717, 1.165) is 29.1 Å². The summed E-state index contributed by atoms with van der Waals surface area (Å²) in [6.07, 6.45) is 1.86. The predicted molar refractivity (Wildman–Crippen MR) is 143 cm³/mol. The van der Waals surface area contributed by atoms with Gasteiger partial charge in [-0.3, -0.25) is 9.69 Å². The second kappa shape index (κ2) is 11.0. The number of carbonyl (C=O) groups is 2. The van der Waals surface area contributed by atoms with Crippen LogP contribution >= 0.6 is 0 Å². The molecule has 36 heavy (non-hydrogen) atoms. The number of hydrogen-bond acceptors (Lipinski definition) is 4. The molecule has 186 valence electrons. The molecule has 0 aliphatic heterocycles. The number of urea groups is 1. The van der Waals surface area contributed by atoms with Crippen LogP contribution in [-0.2, 0) is 13.1 Å². The van der Waals surface area contributed by atoms with Gasteiger partial charge in [-0.1, -0.05) is 42.5 Å².